The molecule has 0 bridgehead atoms. The standard InChI is InChI=1S/C20H22N2O5/c1-25-16-10-18(27-3)17(26-2)9-14(16)11-21-20(24)13-4-6-15-12(8-13)5-7-19(23)22-15/h4,6,8-10H,5,7,11H2,1-3H3,(H,21,24)(H,22,23). The SMILES string of the molecule is COc1cc(OC)c(OC)cc1CNC(=O)c1ccc2c(c1)CCC(=O)N2. The molecule has 2 aromatic carbocycles. The Hall–Kier alpha value is -3.22. The number of anilines is 1. The van der Waals surface area contributed by atoms with Crippen LogP contribution < -0.4 is 24.8 Å². The minimum Gasteiger partial charge on any atom is -0.496 e. The number of hydrogen-bond acceptors (Lipinski definition) is 5. The third-order valence-electron chi connectivity index (χ3n) is 4.49. The lowest BCUT2D eigenvalue weighted by atomic mass is 10.00. The topological polar surface area (TPSA) is 85.9 Å². The van der Waals surface area contributed by atoms with Crippen molar-refractivity contribution >= 4 is 17.5 Å². The molecule has 0 aromatic heterocycles. The molecular formula is C20H22N2O5. The second-order valence-corrected chi connectivity index (χ2v) is 6.12. The summed E-state index contributed by atoms with van der Waals surface area (Å²) in [6, 6.07) is 8.78. The maximum Gasteiger partial charge on any atom is 0.251 e. The van der Waals surface area contributed by atoms with Crippen molar-refractivity contribution in [1.29, 1.82) is 0 Å². The van der Waals surface area contributed by atoms with Gasteiger partial charge in [0, 0.05) is 35.8 Å². The van der Waals surface area contributed by atoms with Crippen LogP contribution in [-0.2, 0) is 17.8 Å². The van der Waals surface area contributed by atoms with E-state index in [0.717, 1.165) is 16.8 Å². The van der Waals surface area contributed by atoms with E-state index in [4.69, 9.17) is 14.2 Å². The molecule has 142 valence electrons. The van der Waals surface area contributed by atoms with Gasteiger partial charge in [-0.05, 0) is 36.2 Å². The molecule has 1 aliphatic rings. The molecule has 1 heterocycles. The number of fused-ring (bicyclic) bond motifs is 1. The highest BCUT2D eigenvalue weighted by atomic mass is 16.5. The lowest BCUT2D eigenvalue weighted by molar-refractivity contribution is -0.116. The van der Waals surface area contributed by atoms with Gasteiger partial charge in [0.1, 0.15) is 5.75 Å². The largest absolute Gasteiger partial charge is 0.496 e. The molecule has 0 radical (unpaired) electrons. The van der Waals surface area contributed by atoms with Crippen molar-refractivity contribution < 1.29 is 23.8 Å². The summed E-state index contributed by atoms with van der Waals surface area (Å²) in [7, 11) is 4.67. The second-order valence-electron chi connectivity index (χ2n) is 6.12. The number of aryl methyl sites for hydroxylation is 1. The van der Waals surface area contributed by atoms with Gasteiger partial charge in [0.15, 0.2) is 11.5 Å². The predicted octanol–water partition coefficient (Wildman–Crippen LogP) is 2.53. The lowest BCUT2D eigenvalue weighted by Gasteiger charge is -2.18. The zero-order valence-electron chi connectivity index (χ0n) is 15.5. The molecule has 2 amide bonds. The Morgan fingerprint density at radius 3 is 2.41 bits per heavy atom. The van der Waals surface area contributed by atoms with E-state index in [2.05, 4.69) is 10.6 Å². The molecule has 0 atom stereocenters. The molecule has 0 unspecified atom stereocenters. The Labute approximate surface area is 157 Å². The quantitative estimate of drug-likeness (QED) is 0.816. The van der Waals surface area contributed by atoms with Crippen LogP contribution in [0.3, 0.4) is 0 Å². The molecule has 0 saturated carbocycles. The van der Waals surface area contributed by atoms with E-state index < -0.39 is 0 Å². The molecule has 27 heavy (non-hydrogen) atoms. The van der Waals surface area contributed by atoms with Gasteiger partial charge in [0.25, 0.3) is 5.91 Å². The zero-order valence-corrected chi connectivity index (χ0v) is 15.5. The molecule has 0 spiro atoms. The lowest BCUT2D eigenvalue weighted by Crippen LogP contribution is -2.24. The number of nitrogens with one attached hydrogen (secondary N) is 2. The van der Waals surface area contributed by atoms with E-state index in [-0.39, 0.29) is 18.4 Å². The smallest absolute Gasteiger partial charge is 0.251 e. The van der Waals surface area contributed by atoms with Crippen LogP contribution in [0.15, 0.2) is 30.3 Å². The molecular weight excluding hydrogens is 348 g/mol. The summed E-state index contributed by atoms with van der Waals surface area (Å²) in [6.07, 6.45) is 1.06. The fourth-order valence-corrected chi connectivity index (χ4v) is 3.03. The molecule has 7 nitrogen and oxygen atoms in total. The highest BCUT2D eigenvalue weighted by molar-refractivity contribution is 5.97. The van der Waals surface area contributed by atoms with Gasteiger partial charge >= 0.3 is 0 Å². The Bertz CT molecular complexity index is 879. The first-order chi connectivity index (χ1) is 13.0. The third kappa shape index (κ3) is 3.97. The van der Waals surface area contributed by atoms with Crippen molar-refractivity contribution in [3.05, 3.63) is 47.0 Å². The summed E-state index contributed by atoms with van der Waals surface area (Å²) in [4.78, 5) is 24.0. The first-order valence-corrected chi connectivity index (χ1v) is 8.55. The Morgan fingerprint density at radius 1 is 1.00 bits per heavy atom. The van der Waals surface area contributed by atoms with E-state index in [1.165, 1.54) is 0 Å². The van der Waals surface area contributed by atoms with Crippen LogP contribution >= 0.6 is 0 Å². The molecule has 0 saturated heterocycles. The van der Waals surface area contributed by atoms with E-state index >= 15 is 0 Å². The number of carbonyl (C=O) groups is 2. The number of benzene rings is 2. The number of hydrogen-bond donors (Lipinski definition) is 2. The van der Waals surface area contributed by atoms with Crippen molar-refractivity contribution in [3.63, 3.8) is 0 Å². The molecule has 2 N–H and O–H groups in total. The number of rotatable bonds is 6. The van der Waals surface area contributed by atoms with Crippen LogP contribution in [0.4, 0.5) is 5.69 Å². The summed E-state index contributed by atoms with van der Waals surface area (Å²) in [6.45, 7) is 0.274. The van der Waals surface area contributed by atoms with E-state index in [1.54, 1.807) is 45.6 Å². The number of methoxy groups -OCH3 is 3. The minimum atomic E-state index is -0.202. The summed E-state index contributed by atoms with van der Waals surface area (Å²) in [5, 5.41) is 5.70. The summed E-state index contributed by atoms with van der Waals surface area (Å²) < 4.78 is 16.0. The highest BCUT2D eigenvalue weighted by Crippen LogP contribution is 2.34. The van der Waals surface area contributed by atoms with Crippen LogP contribution in [-0.4, -0.2) is 33.1 Å². The number of amides is 2. The Morgan fingerprint density at radius 2 is 1.70 bits per heavy atom. The first-order valence-electron chi connectivity index (χ1n) is 8.55. The van der Waals surface area contributed by atoms with Crippen molar-refractivity contribution in [3.8, 4) is 17.2 Å². The number of ether oxygens (including phenoxy) is 3. The summed E-state index contributed by atoms with van der Waals surface area (Å²) in [5.74, 6) is 1.51. The maximum absolute atomic E-state index is 12.6. The monoisotopic (exact) mass is 370 g/mol. The first kappa shape index (κ1) is 18.6. The highest BCUT2D eigenvalue weighted by Gasteiger charge is 2.17. The van der Waals surface area contributed by atoms with Crippen molar-refractivity contribution in [2.75, 3.05) is 26.6 Å². The fraction of sp³-hybridized carbons (Fsp3) is 0.300. The average Bonchev–Trinajstić information content (AvgIpc) is 2.70. The van der Waals surface area contributed by atoms with Gasteiger partial charge in [-0.25, -0.2) is 0 Å². The molecule has 0 fully saturated rings. The molecule has 7 heteroatoms. The minimum absolute atomic E-state index is 0.000231. The third-order valence-corrected chi connectivity index (χ3v) is 4.49. The summed E-state index contributed by atoms with van der Waals surface area (Å²) >= 11 is 0. The normalized spacial score (nSPS) is 12.6. The van der Waals surface area contributed by atoms with E-state index in [0.29, 0.717) is 35.7 Å². The van der Waals surface area contributed by atoms with Gasteiger partial charge in [-0.2, -0.15) is 0 Å². The van der Waals surface area contributed by atoms with Crippen molar-refractivity contribution in [2.45, 2.75) is 19.4 Å². The van der Waals surface area contributed by atoms with Gasteiger partial charge in [0.2, 0.25) is 5.91 Å². The van der Waals surface area contributed by atoms with Crippen molar-refractivity contribution in [2.24, 2.45) is 0 Å². The molecule has 1 aliphatic heterocycles. The maximum atomic E-state index is 12.6. The second kappa shape index (κ2) is 7.99. The van der Waals surface area contributed by atoms with E-state index in [9.17, 15) is 9.59 Å². The fourth-order valence-electron chi connectivity index (χ4n) is 3.03. The predicted molar refractivity (Wildman–Crippen MR) is 101 cm³/mol. The number of carbonyl (C=O) groups excluding carboxylic acids is 2. The molecule has 0 aliphatic carbocycles. The molecule has 2 aromatic rings. The summed E-state index contributed by atoms with van der Waals surface area (Å²) in [5.41, 5.74) is 3.05. The van der Waals surface area contributed by atoms with Gasteiger partial charge in [-0.3, -0.25) is 9.59 Å². The Kier molecular flexibility index (Phi) is 5.49. The van der Waals surface area contributed by atoms with Gasteiger partial charge in [0.05, 0.1) is 21.3 Å². The van der Waals surface area contributed by atoms with E-state index in [1.807, 2.05) is 6.07 Å². The van der Waals surface area contributed by atoms with Crippen molar-refractivity contribution in [1.82, 2.24) is 5.32 Å². The van der Waals surface area contributed by atoms with Crippen LogP contribution in [0.5, 0.6) is 17.2 Å². The Balaban J connectivity index is 1.75. The van der Waals surface area contributed by atoms with Crippen LogP contribution in [0.2, 0.25) is 0 Å². The van der Waals surface area contributed by atoms with Crippen LogP contribution in [0.1, 0.15) is 27.9 Å². The van der Waals surface area contributed by atoms with Crippen LogP contribution in [0.25, 0.3) is 0 Å². The zero-order chi connectivity index (χ0) is 19.4. The average molecular weight is 370 g/mol. The molecule has 3 rings (SSSR count). The van der Waals surface area contributed by atoms with Crippen LogP contribution in [0, 0.1) is 0 Å². The van der Waals surface area contributed by atoms with Gasteiger partial charge < -0.3 is 24.8 Å². The van der Waals surface area contributed by atoms with Gasteiger partial charge in [-0.1, -0.05) is 0 Å². The van der Waals surface area contributed by atoms with Gasteiger partial charge in [-0.15, -0.1) is 0 Å².